The van der Waals surface area contributed by atoms with Gasteiger partial charge in [-0.25, -0.2) is 4.98 Å². The molecule has 1 saturated carbocycles. The molecule has 0 aliphatic heterocycles. The Kier molecular flexibility index (Phi) is 4.36. The van der Waals surface area contributed by atoms with Gasteiger partial charge < -0.3 is 15.3 Å². The van der Waals surface area contributed by atoms with Crippen LogP contribution in [0.25, 0.3) is 0 Å². The standard InChI is InChI=1S/C12H21N3OS/c1-3-15(4-2)12-14-8-11(17-12)7-13-9-5-10(16)6-9/h8-10,13,16H,3-7H2,1-2H3. The van der Waals surface area contributed by atoms with Crippen LogP contribution >= 0.6 is 11.3 Å². The Labute approximate surface area is 107 Å². The molecule has 1 aliphatic rings. The third-order valence-electron chi connectivity index (χ3n) is 3.25. The highest BCUT2D eigenvalue weighted by atomic mass is 32.1. The van der Waals surface area contributed by atoms with E-state index in [0.29, 0.717) is 6.04 Å². The lowest BCUT2D eigenvalue weighted by molar-refractivity contribution is 0.0620. The summed E-state index contributed by atoms with van der Waals surface area (Å²) in [5.74, 6) is 0. The van der Waals surface area contributed by atoms with Gasteiger partial charge in [-0.2, -0.15) is 0 Å². The summed E-state index contributed by atoms with van der Waals surface area (Å²) in [5.41, 5.74) is 0. The largest absolute Gasteiger partial charge is 0.393 e. The summed E-state index contributed by atoms with van der Waals surface area (Å²) >= 11 is 1.76. The fourth-order valence-electron chi connectivity index (χ4n) is 2.02. The molecule has 1 aromatic rings. The van der Waals surface area contributed by atoms with Gasteiger partial charge in [-0.3, -0.25) is 0 Å². The van der Waals surface area contributed by atoms with Crippen molar-refractivity contribution in [1.29, 1.82) is 0 Å². The number of thiazole rings is 1. The third-order valence-corrected chi connectivity index (χ3v) is 4.31. The van der Waals surface area contributed by atoms with Crippen LogP contribution in [0.3, 0.4) is 0 Å². The van der Waals surface area contributed by atoms with E-state index in [1.54, 1.807) is 11.3 Å². The van der Waals surface area contributed by atoms with E-state index < -0.39 is 0 Å². The maximum absolute atomic E-state index is 9.20. The molecule has 1 heterocycles. The number of nitrogens with one attached hydrogen (secondary N) is 1. The predicted molar refractivity (Wildman–Crippen MR) is 71.5 cm³/mol. The van der Waals surface area contributed by atoms with E-state index in [9.17, 15) is 5.11 Å². The lowest BCUT2D eigenvalue weighted by atomic mass is 9.89. The van der Waals surface area contributed by atoms with E-state index in [1.807, 2.05) is 6.20 Å². The number of aromatic nitrogens is 1. The zero-order valence-corrected chi connectivity index (χ0v) is 11.3. The van der Waals surface area contributed by atoms with Crippen molar-refractivity contribution in [3.05, 3.63) is 11.1 Å². The molecule has 0 atom stereocenters. The van der Waals surface area contributed by atoms with Crippen LogP contribution < -0.4 is 10.2 Å². The number of hydrogen-bond donors (Lipinski definition) is 2. The van der Waals surface area contributed by atoms with E-state index in [4.69, 9.17) is 0 Å². The van der Waals surface area contributed by atoms with Crippen LogP contribution in [0.1, 0.15) is 31.6 Å². The van der Waals surface area contributed by atoms with E-state index in [-0.39, 0.29) is 6.10 Å². The second-order valence-electron chi connectivity index (χ2n) is 4.48. The fraction of sp³-hybridized carbons (Fsp3) is 0.750. The van der Waals surface area contributed by atoms with Gasteiger partial charge in [-0.15, -0.1) is 11.3 Å². The topological polar surface area (TPSA) is 48.4 Å². The Morgan fingerprint density at radius 3 is 2.76 bits per heavy atom. The molecule has 96 valence electrons. The summed E-state index contributed by atoms with van der Waals surface area (Å²) in [6.45, 7) is 7.19. The van der Waals surface area contributed by atoms with Crippen LogP contribution in [0.5, 0.6) is 0 Å². The molecule has 1 aliphatic carbocycles. The fourth-order valence-corrected chi connectivity index (χ4v) is 3.01. The summed E-state index contributed by atoms with van der Waals surface area (Å²) in [6, 6.07) is 0.490. The molecule has 0 bridgehead atoms. The highest BCUT2D eigenvalue weighted by Gasteiger charge is 2.26. The molecule has 17 heavy (non-hydrogen) atoms. The second-order valence-corrected chi connectivity index (χ2v) is 5.58. The second kappa shape index (κ2) is 5.80. The molecule has 1 fully saturated rings. The van der Waals surface area contributed by atoms with Crippen LogP contribution in [0.4, 0.5) is 5.13 Å². The summed E-state index contributed by atoms with van der Waals surface area (Å²) in [4.78, 5) is 7.99. The highest BCUT2D eigenvalue weighted by molar-refractivity contribution is 7.15. The van der Waals surface area contributed by atoms with Crippen molar-refractivity contribution in [2.75, 3.05) is 18.0 Å². The number of nitrogens with zero attached hydrogens (tertiary/aromatic N) is 2. The molecule has 0 radical (unpaired) electrons. The molecule has 0 amide bonds. The van der Waals surface area contributed by atoms with Gasteiger partial charge in [-0.1, -0.05) is 0 Å². The van der Waals surface area contributed by atoms with Crippen LogP contribution in [0.2, 0.25) is 0 Å². The maximum atomic E-state index is 9.20. The summed E-state index contributed by atoms with van der Waals surface area (Å²) < 4.78 is 0. The number of anilines is 1. The average Bonchev–Trinajstić information content (AvgIpc) is 2.73. The molecule has 5 heteroatoms. The minimum Gasteiger partial charge on any atom is -0.393 e. The smallest absolute Gasteiger partial charge is 0.185 e. The predicted octanol–water partition coefficient (Wildman–Crippen LogP) is 1.60. The molecular formula is C12H21N3OS. The first kappa shape index (κ1) is 12.8. The van der Waals surface area contributed by atoms with Gasteiger partial charge in [0.25, 0.3) is 0 Å². The first-order valence-corrected chi connectivity index (χ1v) is 7.15. The molecular weight excluding hydrogens is 234 g/mol. The molecule has 2 N–H and O–H groups in total. The number of aliphatic hydroxyl groups excluding tert-OH is 1. The Bertz CT molecular complexity index is 345. The maximum Gasteiger partial charge on any atom is 0.185 e. The summed E-state index contributed by atoms with van der Waals surface area (Å²) in [6.07, 6.45) is 3.66. The van der Waals surface area contributed by atoms with Crippen molar-refractivity contribution in [3.63, 3.8) is 0 Å². The quantitative estimate of drug-likeness (QED) is 0.810. The summed E-state index contributed by atoms with van der Waals surface area (Å²) in [7, 11) is 0. The Morgan fingerprint density at radius 1 is 1.47 bits per heavy atom. The van der Waals surface area contributed by atoms with Crippen molar-refractivity contribution in [3.8, 4) is 0 Å². The van der Waals surface area contributed by atoms with Gasteiger partial charge in [0.05, 0.1) is 6.10 Å². The first-order valence-electron chi connectivity index (χ1n) is 6.34. The zero-order chi connectivity index (χ0) is 12.3. The monoisotopic (exact) mass is 255 g/mol. The van der Waals surface area contributed by atoms with Crippen LogP contribution in [-0.4, -0.2) is 35.3 Å². The van der Waals surface area contributed by atoms with Crippen molar-refractivity contribution < 1.29 is 5.11 Å². The van der Waals surface area contributed by atoms with Crippen LogP contribution in [0, 0.1) is 0 Å². The van der Waals surface area contributed by atoms with E-state index in [1.165, 1.54) is 4.88 Å². The van der Waals surface area contributed by atoms with Crippen molar-refractivity contribution in [2.24, 2.45) is 0 Å². The van der Waals surface area contributed by atoms with Gasteiger partial charge in [0.1, 0.15) is 0 Å². The van der Waals surface area contributed by atoms with Crippen molar-refractivity contribution in [2.45, 2.75) is 45.4 Å². The van der Waals surface area contributed by atoms with E-state index in [2.05, 4.69) is 29.0 Å². The number of hydrogen-bond acceptors (Lipinski definition) is 5. The lowest BCUT2D eigenvalue weighted by Crippen LogP contribution is -2.43. The average molecular weight is 255 g/mol. The summed E-state index contributed by atoms with van der Waals surface area (Å²) in [5, 5.41) is 13.8. The van der Waals surface area contributed by atoms with Crippen LogP contribution in [-0.2, 0) is 6.54 Å². The third kappa shape index (κ3) is 3.18. The molecule has 1 aromatic heterocycles. The normalized spacial score (nSPS) is 23.5. The SMILES string of the molecule is CCN(CC)c1ncc(CNC2CC(O)C2)s1. The highest BCUT2D eigenvalue weighted by Crippen LogP contribution is 2.24. The molecule has 4 nitrogen and oxygen atoms in total. The first-order chi connectivity index (χ1) is 8.22. The van der Waals surface area contributed by atoms with Crippen molar-refractivity contribution >= 4 is 16.5 Å². The van der Waals surface area contributed by atoms with Crippen molar-refractivity contribution in [1.82, 2.24) is 10.3 Å². The molecule has 2 rings (SSSR count). The minimum atomic E-state index is -0.0832. The Balaban J connectivity index is 1.81. The lowest BCUT2D eigenvalue weighted by Gasteiger charge is -2.31. The molecule has 0 aromatic carbocycles. The van der Waals surface area contributed by atoms with E-state index >= 15 is 0 Å². The van der Waals surface area contributed by atoms with Gasteiger partial charge in [-0.05, 0) is 26.7 Å². The number of aliphatic hydroxyl groups is 1. The molecule has 0 unspecified atom stereocenters. The van der Waals surface area contributed by atoms with Gasteiger partial charge >= 0.3 is 0 Å². The molecule has 0 spiro atoms. The Hall–Kier alpha value is -0.650. The number of rotatable bonds is 6. The molecule has 0 saturated heterocycles. The van der Waals surface area contributed by atoms with Gasteiger partial charge in [0.2, 0.25) is 0 Å². The zero-order valence-electron chi connectivity index (χ0n) is 10.5. The minimum absolute atomic E-state index is 0.0832. The van der Waals surface area contributed by atoms with Crippen LogP contribution in [0.15, 0.2) is 6.20 Å². The van der Waals surface area contributed by atoms with Gasteiger partial charge in [0.15, 0.2) is 5.13 Å². The van der Waals surface area contributed by atoms with Gasteiger partial charge in [0, 0.05) is 36.8 Å². The Morgan fingerprint density at radius 2 is 2.18 bits per heavy atom. The van der Waals surface area contributed by atoms with E-state index in [0.717, 1.165) is 37.6 Å².